The number of hydrogen-bond donors (Lipinski definition) is 1. The number of nitrogens with one attached hydrogen (secondary N) is 1. The minimum absolute atomic E-state index is 0.0589. The molecule has 19 heavy (non-hydrogen) atoms. The van der Waals surface area contributed by atoms with Crippen LogP contribution in [-0.4, -0.2) is 30.6 Å². The molecule has 1 heterocycles. The fourth-order valence-corrected chi connectivity index (χ4v) is 3.08. The summed E-state index contributed by atoms with van der Waals surface area (Å²) in [5.41, 5.74) is 0.782. The van der Waals surface area contributed by atoms with Crippen LogP contribution in [0.25, 0.3) is 0 Å². The third-order valence-electron chi connectivity index (χ3n) is 3.95. The van der Waals surface area contributed by atoms with E-state index in [4.69, 9.17) is 23.2 Å². The molecule has 0 aromatic heterocycles. The van der Waals surface area contributed by atoms with Gasteiger partial charge in [-0.3, -0.25) is 0 Å². The van der Waals surface area contributed by atoms with Gasteiger partial charge in [0.15, 0.2) is 5.82 Å². The van der Waals surface area contributed by atoms with Crippen LogP contribution in [0.5, 0.6) is 0 Å². The van der Waals surface area contributed by atoms with Gasteiger partial charge in [-0.15, -0.1) is 0 Å². The van der Waals surface area contributed by atoms with E-state index in [1.807, 2.05) is 0 Å². The van der Waals surface area contributed by atoms with Crippen molar-refractivity contribution in [2.24, 2.45) is 5.92 Å². The van der Waals surface area contributed by atoms with E-state index in [1.165, 1.54) is 0 Å². The SMILES string of the molecule is CC1CN(C)C(C)CC1Nc1cc(Cl)c(F)c(Cl)c1. The summed E-state index contributed by atoms with van der Waals surface area (Å²) in [6.45, 7) is 5.47. The quantitative estimate of drug-likeness (QED) is 0.821. The van der Waals surface area contributed by atoms with E-state index in [9.17, 15) is 4.39 Å². The first-order chi connectivity index (χ1) is 8.88. The summed E-state index contributed by atoms with van der Waals surface area (Å²) < 4.78 is 13.4. The summed E-state index contributed by atoms with van der Waals surface area (Å²) in [6, 6.07) is 4.07. The van der Waals surface area contributed by atoms with Gasteiger partial charge in [0.2, 0.25) is 0 Å². The summed E-state index contributed by atoms with van der Waals surface area (Å²) in [6.07, 6.45) is 1.05. The molecule has 1 aliphatic heterocycles. The van der Waals surface area contributed by atoms with E-state index in [0.29, 0.717) is 18.0 Å². The molecule has 0 saturated carbocycles. The lowest BCUT2D eigenvalue weighted by atomic mass is 9.89. The van der Waals surface area contributed by atoms with Crippen LogP contribution in [0.3, 0.4) is 0 Å². The lowest BCUT2D eigenvalue weighted by Gasteiger charge is -2.40. The Morgan fingerprint density at radius 3 is 2.42 bits per heavy atom. The second kappa shape index (κ2) is 5.86. The van der Waals surface area contributed by atoms with Crippen molar-refractivity contribution in [3.05, 3.63) is 28.0 Å². The molecule has 0 spiro atoms. The zero-order chi connectivity index (χ0) is 14.2. The number of anilines is 1. The zero-order valence-electron chi connectivity index (χ0n) is 11.4. The lowest BCUT2D eigenvalue weighted by molar-refractivity contribution is 0.145. The number of likely N-dealkylation sites (tertiary alicyclic amines) is 1. The minimum atomic E-state index is -0.557. The Morgan fingerprint density at radius 2 is 1.84 bits per heavy atom. The predicted octanol–water partition coefficient (Wildman–Crippen LogP) is 4.27. The van der Waals surface area contributed by atoms with Gasteiger partial charge < -0.3 is 10.2 Å². The number of hydrogen-bond acceptors (Lipinski definition) is 2. The fourth-order valence-electron chi connectivity index (χ4n) is 2.60. The molecule has 1 saturated heterocycles. The van der Waals surface area contributed by atoms with Gasteiger partial charge in [-0.2, -0.15) is 0 Å². The molecule has 0 amide bonds. The summed E-state index contributed by atoms with van der Waals surface area (Å²) in [5.74, 6) is -0.0394. The fraction of sp³-hybridized carbons (Fsp3) is 0.571. The molecule has 3 unspecified atom stereocenters. The molecule has 3 atom stereocenters. The van der Waals surface area contributed by atoms with Gasteiger partial charge in [0, 0.05) is 24.3 Å². The maximum Gasteiger partial charge on any atom is 0.160 e. The van der Waals surface area contributed by atoms with E-state index >= 15 is 0 Å². The van der Waals surface area contributed by atoms with E-state index in [1.54, 1.807) is 12.1 Å². The van der Waals surface area contributed by atoms with Crippen LogP contribution in [0.15, 0.2) is 12.1 Å². The van der Waals surface area contributed by atoms with Gasteiger partial charge in [0.1, 0.15) is 0 Å². The van der Waals surface area contributed by atoms with Crippen LogP contribution in [0, 0.1) is 11.7 Å². The molecular formula is C14H19Cl2FN2. The van der Waals surface area contributed by atoms with E-state index < -0.39 is 5.82 Å². The standard InChI is InChI=1S/C14H19Cl2FN2/c1-8-7-19(3)9(2)4-13(8)18-10-5-11(15)14(17)12(16)6-10/h5-6,8-9,13,18H,4,7H2,1-3H3. The van der Waals surface area contributed by atoms with Gasteiger partial charge >= 0.3 is 0 Å². The van der Waals surface area contributed by atoms with Crippen molar-refractivity contribution < 1.29 is 4.39 Å². The molecule has 1 aliphatic rings. The number of piperidine rings is 1. The van der Waals surface area contributed by atoms with Gasteiger partial charge in [0.25, 0.3) is 0 Å². The third-order valence-corrected chi connectivity index (χ3v) is 4.50. The van der Waals surface area contributed by atoms with E-state index in [2.05, 4.69) is 31.1 Å². The van der Waals surface area contributed by atoms with Crippen LogP contribution in [0.1, 0.15) is 20.3 Å². The molecule has 0 bridgehead atoms. The maximum atomic E-state index is 13.4. The first-order valence-corrected chi connectivity index (χ1v) is 7.25. The second-order valence-corrected chi connectivity index (χ2v) is 6.32. The van der Waals surface area contributed by atoms with Crippen molar-refractivity contribution in [3.63, 3.8) is 0 Å². The molecule has 0 radical (unpaired) electrons. The van der Waals surface area contributed by atoms with Crippen LogP contribution < -0.4 is 5.32 Å². The molecule has 1 fully saturated rings. The minimum Gasteiger partial charge on any atom is -0.382 e. The van der Waals surface area contributed by atoms with Crippen molar-refractivity contribution in [2.45, 2.75) is 32.4 Å². The third kappa shape index (κ3) is 3.33. The van der Waals surface area contributed by atoms with Crippen LogP contribution in [0.2, 0.25) is 10.0 Å². The highest BCUT2D eigenvalue weighted by Crippen LogP contribution is 2.30. The Labute approximate surface area is 123 Å². The summed E-state index contributed by atoms with van der Waals surface area (Å²) >= 11 is 11.6. The monoisotopic (exact) mass is 304 g/mol. The summed E-state index contributed by atoms with van der Waals surface area (Å²) in [4.78, 5) is 2.35. The van der Waals surface area contributed by atoms with E-state index in [-0.39, 0.29) is 10.0 Å². The van der Waals surface area contributed by atoms with Crippen LogP contribution >= 0.6 is 23.2 Å². The highest BCUT2D eigenvalue weighted by atomic mass is 35.5. The normalized spacial score (nSPS) is 28.4. The lowest BCUT2D eigenvalue weighted by Crippen LogP contribution is -2.48. The van der Waals surface area contributed by atoms with Gasteiger partial charge in [0.05, 0.1) is 10.0 Å². The number of halogens is 3. The van der Waals surface area contributed by atoms with Gasteiger partial charge in [-0.1, -0.05) is 30.1 Å². The highest BCUT2D eigenvalue weighted by Gasteiger charge is 2.28. The Hall–Kier alpha value is -0.510. The number of benzene rings is 1. The molecule has 0 aliphatic carbocycles. The Bertz CT molecular complexity index is 444. The Balaban J connectivity index is 2.13. The van der Waals surface area contributed by atoms with Crippen molar-refractivity contribution in [2.75, 3.05) is 18.9 Å². The number of rotatable bonds is 2. The molecule has 106 valence electrons. The second-order valence-electron chi connectivity index (χ2n) is 5.51. The van der Waals surface area contributed by atoms with Crippen molar-refractivity contribution in [1.29, 1.82) is 0 Å². The largest absolute Gasteiger partial charge is 0.382 e. The molecular weight excluding hydrogens is 286 g/mol. The van der Waals surface area contributed by atoms with E-state index in [0.717, 1.165) is 18.7 Å². The van der Waals surface area contributed by atoms with Crippen molar-refractivity contribution in [1.82, 2.24) is 4.90 Å². The van der Waals surface area contributed by atoms with Crippen LogP contribution in [-0.2, 0) is 0 Å². The maximum absolute atomic E-state index is 13.4. The van der Waals surface area contributed by atoms with Crippen molar-refractivity contribution in [3.8, 4) is 0 Å². The predicted molar refractivity (Wildman–Crippen MR) is 79.7 cm³/mol. The van der Waals surface area contributed by atoms with Gasteiger partial charge in [-0.25, -0.2) is 4.39 Å². The first-order valence-electron chi connectivity index (χ1n) is 6.49. The smallest absolute Gasteiger partial charge is 0.160 e. The molecule has 5 heteroatoms. The summed E-state index contributed by atoms with van der Waals surface area (Å²) in [7, 11) is 2.14. The number of nitrogens with zero attached hydrogens (tertiary/aromatic N) is 1. The van der Waals surface area contributed by atoms with Crippen molar-refractivity contribution >= 4 is 28.9 Å². The average Bonchev–Trinajstić information content (AvgIpc) is 2.33. The Morgan fingerprint density at radius 1 is 1.26 bits per heavy atom. The summed E-state index contributed by atoms with van der Waals surface area (Å²) in [5, 5.41) is 3.55. The zero-order valence-corrected chi connectivity index (χ0v) is 12.9. The Kier molecular flexibility index (Phi) is 4.59. The molecule has 2 rings (SSSR count). The topological polar surface area (TPSA) is 15.3 Å². The molecule has 1 aromatic carbocycles. The van der Waals surface area contributed by atoms with Gasteiger partial charge in [-0.05, 0) is 38.4 Å². The highest BCUT2D eigenvalue weighted by molar-refractivity contribution is 6.35. The average molecular weight is 305 g/mol. The molecule has 2 nitrogen and oxygen atoms in total. The molecule has 1 aromatic rings. The molecule has 1 N–H and O–H groups in total. The first kappa shape index (κ1) is 14.9. The van der Waals surface area contributed by atoms with Crippen LogP contribution in [0.4, 0.5) is 10.1 Å².